The summed E-state index contributed by atoms with van der Waals surface area (Å²) in [7, 11) is -1.20. The molecule has 1 saturated carbocycles. The Morgan fingerprint density at radius 2 is 1.81 bits per heavy atom. The maximum Gasteiger partial charge on any atom is 0.255 e. The first-order chi connectivity index (χ1) is 14.8. The molecule has 0 radical (unpaired) electrons. The third-order valence-corrected chi connectivity index (χ3v) is 7.38. The summed E-state index contributed by atoms with van der Waals surface area (Å²) < 4.78 is 34.2. The van der Waals surface area contributed by atoms with Gasteiger partial charge in [-0.2, -0.15) is 0 Å². The van der Waals surface area contributed by atoms with Gasteiger partial charge in [0, 0.05) is 25.2 Å². The van der Waals surface area contributed by atoms with Crippen molar-refractivity contribution in [2.45, 2.75) is 62.3 Å². The van der Waals surface area contributed by atoms with E-state index in [1.165, 1.54) is 64.9 Å². The van der Waals surface area contributed by atoms with Gasteiger partial charge in [0.1, 0.15) is 0 Å². The third kappa shape index (κ3) is 6.11. The molecular weight excluding hydrogens is 418 g/mol. The van der Waals surface area contributed by atoms with E-state index in [4.69, 9.17) is 14.6 Å². The fourth-order valence-corrected chi connectivity index (χ4v) is 5.38. The number of carbonyl (C=O) groups is 1. The molecule has 1 amide bonds. The summed E-state index contributed by atoms with van der Waals surface area (Å²) in [6, 6.07) is 2.79. The first kappa shape index (κ1) is 23.8. The number of hydrogen-bond acceptors (Lipinski definition) is 6. The lowest BCUT2D eigenvalue weighted by Gasteiger charge is -2.28. The van der Waals surface area contributed by atoms with Gasteiger partial charge in [-0.25, -0.2) is 13.6 Å². The molecule has 0 bridgehead atoms. The van der Waals surface area contributed by atoms with Gasteiger partial charge in [-0.1, -0.05) is 25.7 Å². The molecule has 1 aliphatic heterocycles. The minimum Gasteiger partial charge on any atom is -0.493 e. The summed E-state index contributed by atoms with van der Waals surface area (Å²) in [6.07, 6.45) is 10.1. The lowest BCUT2D eigenvalue weighted by atomic mass is 9.99. The monoisotopic (exact) mass is 453 g/mol. The van der Waals surface area contributed by atoms with Crippen LogP contribution >= 0.6 is 0 Å². The Morgan fingerprint density at radius 3 is 2.42 bits per heavy atom. The number of likely N-dealkylation sites (tertiary alicyclic amines) is 1. The highest BCUT2D eigenvalue weighted by Gasteiger charge is 2.28. The molecular formula is C22H35N3O5S. The minimum atomic E-state index is -4.00. The Labute approximate surface area is 185 Å². The van der Waals surface area contributed by atoms with Crippen molar-refractivity contribution >= 4 is 15.9 Å². The fraction of sp³-hybridized carbons (Fsp3) is 0.682. The summed E-state index contributed by atoms with van der Waals surface area (Å²) in [5, 5.41) is 8.24. The van der Waals surface area contributed by atoms with Gasteiger partial charge in [0.15, 0.2) is 11.5 Å². The molecule has 1 aromatic carbocycles. The normalized spacial score (nSPS) is 20.9. The summed E-state index contributed by atoms with van der Waals surface area (Å²) in [6.45, 7) is 2.67. The number of nitrogens with one attached hydrogen (secondary N) is 1. The predicted octanol–water partition coefficient (Wildman–Crippen LogP) is 2.52. The number of carbonyl (C=O) groups excluding carboxylic acids is 1. The summed E-state index contributed by atoms with van der Waals surface area (Å²) in [5.74, 6) is 0.681. The number of hydrogen-bond donors (Lipinski definition) is 2. The Morgan fingerprint density at radius 1 is 1.10 bits per heavy atom. The van der Waals surface area contributed by atoms with Crippen molar-refractivity contribution in [3.63, 3.8) is 0 Å². The van der Waals surface area contributed by atoms with Crippen molar-refractivity contribution in [2.24, 2.45) is 11.1 Å². The molecule has 1 aromatic rings. The largest absolute Gasteiger partial charge is 0.493 e. The molecule has 3 rings (SSSR count). The highest BCUT2D eigenvalue weighted by atomic mass is 32.2. The van der Waals surface area contributed by atoms with Crippen LogP contribution in [0.25, 0.3) is 0 Å². The molecule has 1 unspecified atom stereocenters. The summed E-state index contributed by atoms with van der Waals surface area (Å²) >= 11 is 0. The first-order valence-corrected chi connectivity index (χ1v) is 12.7. The maximum absolute atomic E-state index is 13.0. The van der Waals surface area contributed by atoms with Crippen LogP contribution in [-0.4, -0.2) is 59.1 Å². The number of rotatable bonds is 8. The van der Waals surface area contributed by atoms with Crippen LogP contribution in [0.15, 0.2) is 17.0 Å². The highest BCUT2D eigenvalue weighted by molar-refractivity contribution is 7.89. The zero-order valence-corrected chi connectivity index (χ0v) is 19.4. The predicted molar refractivity (Wildman–Crippen MR) is 119 cm³/mol. The molecule has 2 aliphatic rings. The number of ether oxygens (including phenoxy) is 2. The molecule has 1 heterocycles. The van der Waals surface area contributed by atoms with E-state index in [9.17, 15) is 13.2 Å². The van der Waals surface area contributed by atoms with E-state index in [2.05, 4.69) is 10.2 Å². The van der Waals surface area contributed by atoms with Crippen LogP contribution in [0.1, 0.15) is 61.7 Å². The second-order valence-corrected chi connectivity index (χ2v) is 10.2. The number of nitrogens with zero attached hydrogens (tertiary/aromatic N) is 1. The van der Waals surface area contributed by atoms with Gasteiger partial charge in [-0.05, 0) is 44.2 Å². The van der Waals surface area contributed by atoms with Gasteiger partial charge < -0.3 is 14.8 Å². The Hall–Kier alpha value is -1.84. The summed E-state index contributed by atoms with van der Waals surface area (Å²) in [4.78, 5) is 15.3. The zero-order chi connectivity index (χ0) is 22.4. The first-order valence-electron chi connectivity index (χ1n) is 11.1. The molecule has 1 atom stereocenters. The molecule has 8 nitrogen and oxygen atoms in total. The molecule has 9 heteroatoms. The van der Waals surface area contributed by atoms with E-state index in [0.717, 1.165) is 31.8 Å². The number of sulfonamides is 1. The van der Waals surface area contributed by atoms with Crippen LogP contribution < -0.4 is 19.9 Å². The number of amides is 1. The van der Waals surface area contributed by atoms with Crippen LogP contribution in [-0.2, 0) is 10.0 Å². The van der Waals surface area contributed by atoms with Gasteiger partial charge in [-0.3, -0.25) is 9.69 Å². The van der Waals surface area contributed by atoms with Crippen molar-refractivity contribution in [2.75, 3.05) is 33.9 Å². The van der Waals surface area contributed by atoms with E-state index >= 15 is 0 Å². The van der Waals surface area contributed by atoms with Crippen molar-refractivity contribution < 1.29 is 22.7 Å². The number of primary sulfonamides is 1. The SMILES string of the molecule is COc1cc(S(N)(=O)=O)cc(C(=O)NCC2CCCN2CC2CCCCCC2)c1OC. The minimum absolute atomic E-state index is 0.0965. The molecule has 174 valence electrons. The van der Waals surface area contributed by atoms with Gasteiger partial charge in [0.2, 0.25) is 10.0 Å². The molecule has 3 N–H and O–H groups in total. The topological polar surface area (TPSA) is 111 Å². The number of methoxy groups -OCH3 is 2. The standard InChI is InChI=1S/C22H35N3O5S/c1-29-20-13-18(31(23,27)28)12-19(21(20)30-2)22(26)24-14-17-10-7-11-25(17)15-16-8-5-3-4-6-9-16/h12-13,16-17H,3-11,14-15H2,1-2H3,(H,24,26)(H2,23,27,28). The third-order valence-electron chi connectivity index (χ3n) is 6.49. The van der Waals surface area contributed by atoms with Crippen LogP contribution in [0, 0.1) is 5.92 Å². The Balaban J connectivity index is 1.69. The van der Waals surface area contributed by atoms with Crippen LogP contribution in [0.5, 0.6) is 11.5 Å². The van der Waals surface area contributed by atoms with E-state index in [0.29, 0.717) is 12.6 Å². The molecule has 0 spiro atoms. The average Bonchev–Trinajstić information content (AvgIpc) is 3.02. The van der Waals surface area contributed by atoms with Crippen LogP contribution in [0.3, 0.4) is 0 Å². The molecule has 1 aliphatic carbocycles. The Bertz CT molecular complexity index is 866. The van der Waals surface area contributed by atoms with E-state index in [1.54, 1.807) is 0 Å². The number of benzene rings is 1. The highest BCUT2D eigenvalue weighted by Crippen LogP contribution is 2.34. The lowest BCUT2D eigenvalue weighted by molar-refractivity contribution is 0.0933. The van der Waals surface area contributed by atoms with E-state index in [-0.39, 0.29) is 22.0 Å². The second-order valence-electron chi connectivity index (χ2n) is 8.61. The lowest BCUT2D eigenvalue weighted by Crippen LogP contribution is -2.42. The molecule has 2 fully saturated rings. The van der Waals surface area contributed by atoms with E-state index in [1.807, 2.05) is 0 Å². The van der Waals surface area contributed by atoms with Crippen LogP contribution in [0.4, 0.5) is 0 Å². The molecule has 1 saturated heterocycles. The van der Waals surface area contributed by atoms with Gasteiger partial charge in [0.05, 0.1) is 24.7 Å². The number of nitrogens with two attached hydrogens (primary N) is 1. The van der Waals surface area contributed by atoms with Gasteiger partial charge in [0.25, 0.3) is 5.91 Å². The van der Waals surface area contributed by atoms with Crippen LogP contribution in [0.2, 0.25) is 0 Å². The van der Waals surface area contributed by atoms with Crippen molar-refractivity contribution in [1.82, 2.24) is 10.2 Å². The van der Waals surface area contributed by atoms with Crippen molar-refractivity contribution in [3.05, 3.63) is 17.7 Å². The maximum atomic E-state index is 13.0. The molecule has 31 heavy (non-hydrogen) atoms. The molecule has 0 aromatic heterocycles. The van der Waals surface area contributed by atoms with E-state index < -0.39 is 15.9 Å². The second kappa shape index (κ2) is 10.7. The smallest absolute Gasteiger partial charge is 0.255 e. The fourth-order valence-electron chi connectivity index (χ4n) is 4.82. The van der Waals surface area contributed by atoms with Crippen molar-refractivity contribution in [1.29, 1.82) is 0 Å². The zero-order valence-electron chi connectivity index (χ0n) is 18.6. The average molecular weight is 454 g/mol. The quantitative estimate of drug-likeness (QED) is 0.585. The summed E-state index contributed by atoms with van der Waals surface area (Å²) in [5.41, 5.74) is 0.0965. The van der Waals surface area contributed by atoms with Gasteiger partial charge in [-0.15, -0.1) is 0 Å². The van der Waals surface area contributed by atoms with Crippen molar-refractivity contribution in [3.8, 4) is 11.5 Å². The van der Waals surface area contributed by atoms with Gasteiger partial charge >= 0.3 is 0 Å². The Kier molecular flexibility index (Phi) is 8.18.